The normalized spacial score (nSPS) is 14.6. The summed E-state index contributed by atoms with van der Waals surface area (Å²) in [5, 5.41) is 0. The van der Waals surface area contributed by atoms with E-state index in [4.69, 9.17) is 14.2 Å². The lowest BCUT2D eigenvalue weighted by Crippen LogP contribution is -2.38. The number of aromatic nitrogens is 1. The van der Waals surface area contributed by atoms with Gasteiger partial charge in [0.25, 0.3) is 0 Å². The van der Waals surface area contributed by atoms with E-state index in [1.807, 2.05) is 39.9 Å². The van der Waals surface area contributed by atoms with Crippen LogP contribution in [-0.4, -0.2) is 55.3 Å². The van der Waals surface area contributed by atoms with Gasteiger partial charge >= 0.3 is 5.97 Å². The van der Waals surface area contributed by atoms with Crippen LogP contribution < -0.4 is 9.47 Å². The van der Waals surface area contributed by atoms with Crippen LogP contribution >= 0.6 is 0 Å². The minimum Gasteiger partial charge on any atom is -0.493 e. The number of ether oxygens (including phenoxy) is 3. The Labute approximate surface area is 183 Å². The van der Waals surface area contributed by atoms with Crippen molar-refractivity contribution >= 4 is 18.0 Å². The SMILES string of the molecule is CCCOc1ccc(/C=C/C(=O)N2CCC(n3cccc3C(=O)OC)CC2)cc1OC. The van der Waals surface area contributed by atoms with E-state index in [0.29, 0.717) is 36.9 Å². The van der Waals surface area contributed by atoms with Gasteiger partial charge in [-0.25, -0.2) is 4.79 Å². The van der Waals surface area contributed by atoms with Gasteiger partial charge in [0.05, 0.1) is 20.8 Å². The number of likely N-dealkylation sites (tertiary alicyclic amines) is 1. The Morgan fingerprint density at radius 2 is 1.90 bits per heavy atom. The van der Waals surface area contributed by atoms with E-state index >= 15 is 0 Å². The first-order valence-corrected chi connectivity index (χ1v) is 10.6. The Hall–Kier alpha value is -3.22. The van der Waals surface area contributed by atoms with Gasteiger partial charge in [-0.3, -0.25) is 4.79 Å². The maximum atomic E-state index is 12.7. The Kier molecular flexibility index (Phi) is 7.76. The van der Waals surface area contributed by atoms with Crippen molar-refractivity contribution in [3.8, 4) is 11.5 Å². The zero-order chi connectivity index (χ0) is 22.2. The molecule has 0 N–H and O–H groups in total. The second kappa shape index (κ2) is 10.7. The molecule has 7 nitrogen and oxygen atoms in total. The zero-order valence-corrected chi connectivity index (χ0v) is 18.4. The van der Waals surface area contributed by atoms with Crippen LogP contribution in [0.4, 0.5) is 0 Å². The average molecular weight is 427 g/mol. The second-order valence-electron chi connectivity index (χ2n) is 7.44. The van der Waals surface area contributed by atoms with Crippen molar-refractivity contribution in [1.29, 1.82) is 0 Å². The number of rotatable bonds is 8. The number of carbonyl (C=O) groups excluding carboxylic acids is 2. The third-order valence-corrected chi connectivity index (χ3v) is 5.41. The smallest absolute Gasteiger partial charge is 0.354 e. The first kappa shape index (κ1) is 22.5. The van der Waals surface area contributed by atoms with Crippen LogP contribution in [0, 0.1) is 0 Å². The van der Waals surface area contributed by atoms with E-state index < -0.39 is 0 Å². The summed E-state index contributed by atoms with van der Waals surface area (Å²) in [7, 11) is 2.99. The Morgan fingerprint density at radius 3 is 2.58 bits per heavy atom. The van der Waals surface area contributed by atoms with Crippen molar-refractivity contribution < 1.29 is 23.8 Å². The maximum absolute atomic E-state index is 12.7. The fraction of sp³-hybridized carbons (Fsp3) is 0.417. The molecule has 0 spiro atoms. The van der Waals surface area contributed by atoms with Crippen LogP contribution in [0.25, 0.3) is 6.08 Å². The van der Waals surface area contributed by atoms with Crippen LogP contribution in [0.5, 0.6) is 11.5 Å². The van der Waals surface area contributed by atoms with Gasteiger partial charge in [-0.15, -0.1) is 0 Å². The molecule has 31 heavy (non-hydrogen) atoms. The standard InChI is InChI=1S/C24H30N2O5/c1-4-16-31-21-9-7-18(17-22(21)29-2)8-10-23(27)25-14-11-19(12-15-25)26-13-5-6-20(26)24(28)30-3/h5-10,13,17,19H,4,11-12,14-16H2,1-3H3/b10-8+. The van der Waals surface area contributed by atoms with Gasteiger partial charge in [0.1, 0.15) is 5.69 Å². The van der Waals surface area contributed by atoms with Gasteiger partial charge in [-0.2, -0.15) is 0 Å². The molecule has 7 heteroatoms. The number of carbonyl (C=O) groups is 2. The van der Waals surface area contributed by atoms with Gasteiger partial charge in [0, 0.05) is 31.4 Å². The van der Waals surface area contributed by atoms with Crippen LogP contribution in [0.1, 0.15) is 48.3 Å². The lowest BCUT2D eigenvalue weighted by atomic mass is 10.0. The van der Waals surface area contributed by atoms with Crippen molar-refractivity contribution in [2.45, 2.75) is 32.2 Å². The highest BCUT2D eigenvalue weighted by Gasteiger charge is 2.25. The second-order valence-corrected chi connectivity index (χ2v) is 7.44. The molecular weight excluding hydrogens is 396 g/mol. The summed E-state index contributed by atoms with van der Waals surface area (Å²) in [5.41, 5.74) is 1.42. The van der Waals surface area contributed by atoms with E-state index in [0.717, 1.165) is 24.8 Å². The first-order chi connectivity index (χ1) is 15.1. The van der Waals surface area contributed by atoms with E-state index in [-0.39, 0.29) is 17.9 Å². The van der Waals surface area contributed by atoms with E-state index in [2.05, 4.69) is 6.92 Å². The average Bonchev–Trinajstić information content (AvgIpc) is 3.31. The number of nitrogens with zero attached hydrogens (tertiary/aromatic N) is 2. The van der Waals surface area contributed by atoms with Gasteiger partial charge in [0.2, 0.25) is 5.91 Å². The highest BCUT2D eigenvalue weighted by molar-refractivity contribution is 5.92. The quantitative estimate of drug-likeness (QED) is 0.472. The molecule has 1 saturated heterocycles. The molecule has 1 aliphatic heterocycles. The molecule has 3 rings (SSSR count). The van der Waals surface area contributed by atoms with E-state index in [1.165, 1.54) is 7.11 Å². The fourth-order valence-electron chi connectivity index (χ4n) is 3.75. The first-order valence-electron chi connectivity index (χ1n) is 10.6. The summed E-state index contributed by atoms with van der Waals surface area (Å²) in [5.74, 6) is 0.987. The van der Waals surface area contributed by atoms with Crippen molar-refractivity contribution in [3.05, 3.63) is 53.9 Å². The minimum atomic E-state index is -0.340. The van der Waals surface area contributed by atoms with Crippen LogP contribution in [0.15, 0.2) is 42.6 Å². The Bertz CT molecular complexity index is 926. The monoisotopic (exact) mass is 426 g/mol. The summed E-state index contributed by atoms with van der Waals surface area (Å²) in [6.45, 7) is 3.96. The molecule has 0 aliphatic carbocycles. The van der Waals surface area contributed by atoms with Crippen LogP contribution in [0.3, 0.4) is 0 Å². The summed E-state index contributed by atoms with van der Waals surface area (Å²) in [6, 6.07) is 9.42. The van der Waals surface area contributed by atoms with Gasteiger partial charge < -0.3 is 23.7 Å². The third kappa shape index (κ3) is 5.48. The molecule has 0 unspecified atom stereocenters. The Morgan fingerprint density at radius 1 is 1.13 bits per heavy atom. The van der Waals surface area contributed by atoms with Crippen molar-refractivity contribution in [2.24, 2.45) is 0 Å². The molecular formula is C24H30N2O5. The van der Waals surface area contributed by atoms with Gasteiger partial charge in [-0.1, -0.05) is 13.0 Å². The molecule has 166 valence electrons. The molecule has 1 aliphatic rings. The van der Waals surface area contributed by atoms with E-state index in [9.17, 15) is 9.59 Å². The highest BCUT2D eigenvalue weighted by atomic mass is 16.5. The number of amides is 1. The molecule has 1 amide bonds. The topological polar surface area (TPSA) is 70.0 Å². The summed E-state index contributed by atoms with van der Waals surface area (Å²) in [6.07, 6.45) is 7.78. The number of piperidine rings is 1. The molecule has 2 aromatic rings. The molecule has 2 heterocycles. The lowest BCUT2D eigenvalue weighted by Gasteiger charge is -2.32. The Balaban J connectivity index is 1.58. The van der Waals surface area contributed by atoms with Crippen LogP contribution in [-0.2, 0) is 9.53 Å². The summed E-state index contributed by atoms with van der Waals surface area (Å²) in [4.78, 5) is 26.4. The minimum absolute atomic E-state index is 0.0237. The number of methoxy groups -OCH3 is 2. The highest BCUT2D eigenvalue weighted by Crippen LogP contribution is 2.29. The van der Waals surface area contributed by atoms with Crippen molar-refractivity contribution in [1.82, 2.24) is 9.47 Å². The van der Waals surface area contributed by atoms with Crippen molar-refractivity contribution in [3.63, 3.8) is 0 Å². The molecule has 0 bridgehead atoms. The summed E-state index contributed by atoms with van der Waals surface area (Å²) < 4.78 is 17.9. The fourth-order valence-corrected chi connectivity index (χ4v) is 3.75. The molecule has 0 saturated carbocycles. The molecule has 1 aromatic carbocycles. The summed E-state index contributed by atoms with van der Waals surface area (Å²) >= 11 is 0. The van der Waals surface area contributed by atoms with Gasteiger partial charge in [0.15, 0.2) is 11.5 Å². The third-order valence-electron chi connectivity index (χ3n) is 5.41. The number of esters is 1. The predicted molar refractivity (Wildman–Crippen MR) is 118 cm³/mol. The van der Waals surface area contributed by atoms with Crippen LogP contribution in [0.2, 0.25) is 0 Å². The predicted octanol–water partition coefficient (Wildman–Crippen LogP) is 3.95. The zero-order valence-electron chi connectivity index (χ0n) is 18.4. The van der Waals surface area contributed by atoms with Crippen molar-refractivity contribution in [2.75, 3.05) is 33.9 Å². The largest absolute Gasteiger partial charge is 0.493 e. The lowest BCUT2D eigenvalue weighted by molar-refractivity contribution is -0.127. The number of hydrogen-bond acceptors (Lipinski definition) is 5. The van der Waals surface area contributed by atoms with E-state index in [1.54, 1.807) is 25.3 Å². The maximum Gasteiger partial charge on any atom is 0.354 e. The molecule has 0 atom stereocenters. The molecule has 1 fully saturated rings. The number of hydrogen-bond donors (Lipinski definition) is 0. The van der Waals surface area contributed by atoms with Gasteiger partial charge in [-0.05, 0) is 55.2 Å². The molecule has 1 aromatic heterocycles. The number of benzene rings is 1. The molecule has 0 radical (unpaired) electrons.